The minimum atomic E-state index is 0.0415. The molecule has 23 heavy (non-hydrogen) atoms. The molecule has 2 aromatic heterocycles. The number of carbonyl (C=O) groups is 1. The van der Waals surface area contributed by atoms with E-state index < -0.39 is 0 Å². The monoisotopic (exact) mass is 333 g/mol. The molecule has 0 aromatic carbocycles. The van der Waals surface area contributed by atoms with Gasteiger partial charge in [-0.3, -0.25) is 4.79 Å². The van der Waals surface area contributed by atoms with Crippen LogP contribution in [0.15, 0.2) is 16.0 Å². The van der Waals surface area contributed by atoms with E-state index in [0.29, 0.717) is 24.9 Å². The van der Waals surface area contributed by atoms with Crippen LogP contribution in [0.4, 0.5) is 0 Å². The molecule has 0 bridgehead atoms. The molecule has 2 aromatic rings. The van der Waals surface area contributed by atoms with Crippen molar-refractivity contribution in [3.63, 3.8) is 0 Å². The number of thiophene rings is 1. The highest BCUT2D eigenvalue weighted by molar-refractivity contribution is 7.12. The van der Waals surface area contributed by atoms with E-state index in [1.54, 1.807) is 0 Å². The van der Waals surface area contributed by atoms with Crippen LogP contribution in [-0.2, 0) is 4.74 Å². The third-order valence-corrected chi connectivity index (χ3v) is 5.72. The van der Waals surface area contributed by atoms with Crippen LogP contribution < -0.4 is 0 Å². The molecule has 2 fully saturated rings. The predicted octanol–water partition coefficient (Wildman–Crippen LogP) is 2.54. The summed E-state index contributed by atoms with van der Waals surface area (Å²) >= 11 is 1.50. The first kappa shape index (κ1) is 14.8. The van der Waals surface area contributed by atoms with Crippen molar-refractivity contribution in [3.05, 3.63) is 33.6 Å². The standard InChI is InChI=1S/C16H19N3O3S/c1-9-4-6-23-14(9)16(20)19-8-11(15-17-10(2)18-22-15)7-13-12(19)3-5-21-13/h4,6,11-13H,3,5,7-8H2,1-2H3/t11-,12+,13+/m1/s1. The van der Waals surface area contributed by atoms with Crippen molar-refractivity contribution in [1.29, 1.82) is 0 Å². The lowest BCUT2D eigenvalue weighted by Gasteiger charge is -2.39. The van der Waals surface area contributed by atoms with Crippen LogP contribution in [0, 0.1) is 13.8 Å². The van der Waals surface area contributed by atoms with Crippen molar-refractivity contribution in [1.82, 2.24) is 15.0 Å². The van der Waals surface area contributed by atoms with Gasteiger partial charge >= 0.3 is 0 Å². The van der Waals surface area contributed by atoms with Crippen LogP contribution in [0.5, 0.6) is 0 Å². The zero-order valence-corrected chi connectivity index (χ0v) is 14.0. The minimum Gasteiger partial charge on any atom is -0.376 e. The van der Waals surface area contributed by atoms with E-state index in [-0.39, 0.29) is 24.0 Å². The number of amides is 1. The van der Waals surface area contributed by atoms with Gasteiger partial charge in [-0.2, -0.15) is 4.98 Å². The Morgan fingerprint density at radius 2 is 2.30 bits per heavy atom. The van der Waals surface area contributed by atoms with Crippen LogP contribution in [0.2, 0.25) is 0 Å². The van der Waals surface area contributed by atoms with Gasteiger partial charge in [0.1, 0.15) is 0 Å². The number of aryl methyl sites for hydroxylation is 2. The Balaban J connectivity index is 1.63. The number of rotatable bonds is 2. The van der Waals surface area contributed by atoms with Crippen LogP contribution in [0.1, 0.15) is 45.7 Å². The summed E-state index contributed by atoms with van der Waals surface area (Å²) in [7, 11) is 0. The van der Waals surface area contributed by atoms with Crippen molar-refractivity contribution < 1.29 is 14.1 Å². The third kappa shape index (κ3) is 2.57. The molecule has 2 aliphatic heterocycles. The lowest BCUT2D eigenvalue weighted by Crippen LogP contribution is -2.51. The van der Waals surface area contributed by atoms with Gasteiger partial charge in [-0.05, 0) is 43.7 Å². The molecule has 2 saturated heterocycles. The van der Waals surface area contributed by atoms with Crippen molar-refractivity contribution in [2.45, 2.75) is 44.8 Å². The Hall–Kier alpha value is -1.73. The fourth-order valence-corrected chi connectivity index (χ4v) is 4.44. The number of carbonyl (C=O) groups excluding carboxylic acids is 1. The number of nitrogens with zero attached hydrogens (tertiary/aromatic N) is 3. The van der Waals surface area contributed by atoms with Crippen LogP contribution in [0.3, 0.4) is 0 Å². The molecule has 4 rings (SSSR count). The summed E-state index contributed by atoms with van der Waals surface area (Å²) in [4.78, 5) is 20.2. The summed E-state index contributed by atoms with van der Waals surface area (Å²) in [5.41, 5.74) is 1.03. The second-order valence-corrected chi connectivity index (χ2v) is 7.18. The van der Waals surface area contributed by atoms with E-state index in [4.69, 9.17) is 9.26 Å². The van der Waals surface area contributed by atoms with Crippen LogP contribution >= 0.6 is 11.3 Å². The maximum atomic E-state index is 13.0. The molecule has 1 amide bonds. The molecular formula is C16H19N3O3S. The zero-order valence-electron chi connectivity index (χ0n) is 13.2. The van der Waals surface area contributed by atoms with E-state index in [9.17, 15) is 4.79 Å². The van der Waals surface area contributed by atoms with Gasteiger partial charge in [0, 0.05) is 13.2 Å². The summed E-state index contributed by atoms with van der Waals surface area (Å²) in [6, 6.07) is 2.15. The average molecular weight is 333 g/mol. The van der Waals surface area contributed by atoms with E-state index in [1.807, 2.05) is 30.2 Å². The summed E-state index contributed by atoms with van der Waals surface area (Å²) < 4.78 is 11.2. The first-order valence-corrected chi connectivity index (χ1v) is 8.78. The zero-order chi connectivity index (χ0) is 16.0. The van der Waals surface area contributed by atoms with Crippen LogP contribution in [0.25, 0.3) is 0 Å². The fourth-order valence-electron chi connectivity index (χ4n) is 3.56. The third-order valence-electron chi connectivity index (χ3n) is 4.72. The summed E-state index contributed by atoms with van der Waals surface area (Å²) in [5.74, 6) is 1.37. The lowest BCUT2D eigenvalue weighted by atomic mass is 9.89. The Kier molecular flexibility index (Phi) is 3.69. The van der Waals surface area contributed by atoms with Gasteiger partial charge in [-0.1, -0.05) is 5.16 Å². The predicted molar refractivity (Wildman–Crippen MR) is 84.6 cm³/mol. The van der Waals surface area contributed by atoms with E-state index in [0.717, 1.165) is 23.3 Å². The van der Waals surface area contributed by atoms with Crippen molar-refractivity contribution in [2.24, 2.45) is 0 Å². The highest BCUT2D eigenvalue weighted by Crippen LogP contribution is 2.37. The molecule has 0 N–H and O–H groups in total. The molecule has 0 radical (unpaired) electrons. The fraction of sp³-hybridized carbons (Fsp3) is 0.562. The molecule has 0 spiro atoms. The Bertz CT molecular complexity index is 726. The maximum absolute atomic E-state index is 13.0. The Morgan fingerprint density at radius 1 is 1.43 bits per heavy atom. The van der Waals surface area contributed by atoms with Gasteiger partial charge in [-0.15, -0.1) is 11.3 Å². The van der Waals surface area contributed by atoms with Crippen LogP contribution in [-0.4, -0.2) is 46.2 Å². The summed E-state index contributed by atoms with van der Waals surface area (Å²) in [6.07, 6.45) is 1.79. The van der Waals surface area contributed by atoms with Gasteiger partial charge in [0.05, 0.1) is 22.9 Å². The number of aromatic nitrogens is 2. The number of ether oxygens (including phenoxy) is 1. The second-order valence-electron chi connectivity index (χ2n) is 6.27. The molecule has 4 heterocycles. The molecule has 0 aliphatic carbocycles. The first-order chi connectivity index (χ1) is 11.1. The van der Waals surface area contributed by atoms with E-state index >= 15 is 0 Å². The normalized spacial score (nSPS) is 27.2. The molecule has 3 atom stereocenters. The molecule has 0 unspecified atom stereocenters. The maximum Gasteiger partial charge on any atom is 0.264 e. The number of fused-ring (bicyclic) bond motifs is 1. The highest BCUT2D eigenvalue weighted by Gasteiger charge is 2.44. The minimum absolute atomic E-state index is 0.0415. The lowest BCUT2D eigenvalue weighted by molar-refractivity contribution is 0.0126. The number of piperidine rings is 1. The summed E-state index contributed by atoms with van der Waals surface area (Å²) in [5, 5.41) is 5.85. The molecular weight excluding hydrogens is 314 g/mol. The molecule has 0 saturated carbocycles. The average Bonchev–Trinajstić information content (AvgIpc) is 3.25. The SMILES string of the molecule is Cc1noc([C@@H]2C[C@@H]3OCC[C@@H]3N(C(=O)c3sccc3C)C2)n1. The summed E-state index contributed by atoms with van der Waals surface area (Å²) in [6.45, 7) is 5.11. The Morgan fingerprint density at radius 3 is 3.00 bits per heavy atom. The Labute approximate surface area is 138 Å². The van der Waals surface area contributed by atoms with E-state index in [1.165, 1.54) is 11.3 Å². The highest BCUT2D eigenvalue weighted by atomic mass is 32.1. The van der Waals surface area contributed by atoms with Gasteiger partial charge < -0.3 is 14.2 Å². The number of hydrogen-bond donors (Lipinski definition) is 0. The second kappa shape index (κ2) is 5.72. The number of hydrogen-bond acceptors (Lipinski definition) is 6. The van der Waals surface area contributed by atoms with Gasteiger partial charge in [0.25, 0.3) is 5.91 Å². The largest absolute Gasteiger partial charge is 0.376 e. The number of likely N-dealkylation sites (tertiary alicyclic amines) is 1. The van der Waals surface area contributed by atoms with E-state index in [2.05, 4.69) is 10.1 Å². The van der Waals surface area contributed by atoms with Gasteiger partial charge in [0.15, 0.2) is 5.82 Å². The topological polar surface area (TPSA) is 68.5 Å². The molecule has 7 heteroatoms. The van der Waals surface area contributed by atoms with Crippen molar-refractivity contribution in [2.75, 3.05) is 13.2 Å². The van der Waals surface area contributed by atoms with Crippen molar-refractivity contribution >= 4 is 17.2 Å². The molecule has 2 aliphatic rings. The first-order valence-electron chi connectivity index (χ1n) is 7.90. The van der Waals surface area contributed by atoms with Crippen molar-refractivity contribution in [3.8, 4) is 0 Å². The quantitative estimate of drug-likeness (QED) is 0.845. The van der Waals surface area contributed by atoms with Gasteiger partial charge in [-0.25, -0.2) is 0 Å². The van der Waals surface area contributed by atoms with Gasteiger partial charge in [0.2, 0.25) is 5.89 Å². The molecule has 6 nitrogen and oxygen atoms in total. The smallest absolute Gasteiger partial charge is 0.264 e. The molecule has 122 valence electrons.